The van der Waals surface area contributed by atoms with Crippen molar-refractivity contribution in [2.24, 2.45) is 11.7 Å². The summed E-state index contributed by atoms with van der Waals surface area (Å²) in [5.41, 5.74) is 9.20. The van der Waals surface area contributed by atoms with Gasteiger partial charge in [-0.25, -0.2) is 0 Å². The fourth-order valence-corrected chi connectivity index (χ4v) is 2.68. The number of nitrogens with one attached hydrogen (secondary N) is 2. The average molecular weight is 351 g/mol. The van der Waals surface area contributed by atoms with Gasteiger partial charge in [0.1, 0.15) is 0 Å². The highest BCUT2D eigenvalue weighted by Crippen LogP contribution is 2.30. The van der Waals surface area contributed by atoms with Crippen molar-refractivity contribution in [2.75, 3.05) is 5.32 Å². The number of benzene rings is 1. The number of carbonyl (C=O) groups excluding carboxylic acids is 1. The summed E-state index contributed by atoms with van der Waals surface area (Å²) in [6.45, 7) is 4.06. The van der Waals surface area contributed by atoms with E-state index in [0.717, 1.165) is 11.1 Å². The number of amides is 1. The number of tetrazole rings is 1. The number of aromatic amines is 1. The first-order valence-corrected chi connectivity index (χ1v) is 8.39. The lowest BCUT2D eigenvalue weighted by molar-refractivity contribution is -0.117. The van der Waals surface area contributed by atoms with Crippen LogP contribution in [0.15, 0.2) is 42.7 Å². The molecule has 3 rings (SSSR count). The van der Waals surface area contributed by atoms with Crippen LogP contribution in [0, 0.1) is 5.92 Å². The third-order valence-corrected chi connectivity index (χ3v) is 3.94. The van der Waals surface area contributed by atoms with Crippen LogP contribution < -0.4 is 11.1 Å². The van der Waals surface area contributed by atoms with Crippen LogP contribution in [-0.4, -0.2) is 37.6 Å². The van der Waals surface area contributed by atoms with Gasteiger partial charge in [0.2, 0.25) is 11.7 Å². The molecule has 8 nitrogen and oxygen atoms in total. The molecule has 0 aliphatic carbocycles. The van der Waals surface area contributed by atoms with E-state index in [0.29, 0.717) is 29.4 Å². The second-order valence-corrected chi connectivity index (χ2v) is 6.46. The first-order chi connectivity index (χ1) is 12.5. The minimum absolute atomic E-state index is 0.236. The van der Waals surface area contributed by atoms with Crippen molar-refractivity contribution in [3.63, 3.8) is 0 Å². The molecule has 1 amide bonds. The fourth-order valence-electron chi connectivity index (χ4n) is 2.68. The van der Waals surface area contributed by atoms with Gasteiger partial charge in [-0.3, -0.25) is 9.78 Å². The predicted molar refractivity (Wildman–Crippen MR) is 98.9 cm³/mol. The SMILES string of the molecule is CC(C)C[C@@H](N)C(=O)Nc1ccc(-c2ccncc2)cc1-c1nn[nH]n1. The van der Waals surface area contributed by atoms with E-state index in [1.54, 1.807) is 12.4 Å². The van der Waals surface area contributed by atoms with E-state index >= 15 is 0 Å². The Hall–Kier alpha value is -3.13. The van der Waals surface area contributed by atoms with Crippen molar-refractivity contribution in [3.8, 4) is 22.5 Å². The average Bonchev–Trinajstić information content (AvgIpc) is 3.16. The number of aromatic nitrogens is 5. The Labute approximate surface area is 151 Å². The minimum atomic E-state index is -0.576. The van der Waals surface area contributed by atoms with Crippen molar-refractivity contribution < 1.29 is 4.79 Å². The van der Waals surface area contributed by atoms with Gasteiger partial charge >= 0.3 is 0 Å². The molecule has 4 N–H and O–H groups in total. The van der Waals surface area contributed by atoms with Crippen molar-refractivity contribution in [1.29, 1.82) is 0 Å². The van der Waals surface area contributed by atoms with E-state index in [9.17, 15) is 4.79 Å². The van der Waals surface area contributed by atoms with Crippen LogP contribution in [0.3, 0.4) is 0 Å². The highest BCUT2D eigenvalue weighted by atomic mass is 16.2. The van der Waals surface area contributed by atoms with Crippen LogP contribution in [-0.2, 0) is 4.79 Å². The highest BCUT2D eigenvalue weighted by molar-refractivity contribution is 5.98. The molecule has 0 unspecified atom stereocenters. The summed E-state index contributed by atoms with van der Waals surface area (Å²) in [4.78, 5) is 16.4. The minimum Gasteiger partial charge on any atom is -0.324 e. The van der Waals surface area contributed by atoms with E-state index < -0.39 is 6.04 Å². The number of hydrogen-bond donors (Lipinski definition) is 3. The summed E-state index contributed by atoms with van der Waals surface area (Å²) >= 11 is 0. The van der Waals surface area contributed by atoms with Crippen LogP contribution in [0.1, 0.15) is 20.3 Å². The number of nitrogens with zero attached hydrogens (tertiary/aromatic N) is 4. The number of nitrogens with two attached hydrogens (primary N) is 1. The van der Waals surface area contributed by atoms with Gasteiger partial charge in [0.05, 0.1) is 11.7 Å². The molecule has 8 heteroatoms. The molecule has 0 aliphatic heterocycles. The number of rotatable bonds is 6. The molecule has 134 valence electrons. The van der Waals surface area contributed by atoms with Gasteiger partial charge in [-0.2, -0.15) is 5.21 Å². The molecule has 1 aromatic carbocycles. The molecular formula is C18H21N7O. The van der Waals surface area contributed by atoms with Gasteiger partial charge in [-0.15, -0.1) is 10.2 Å². The second-order valence-electron chi connectivity index (χ2n) is 6.46. The smallest absolute Gasteiger partial charge is 0.241 e. The van der Waals surface area contributed by atoms with Gasteiger partial charge in [-0.05, 0) is 52.9 Å². The van der Waals surface area contributed by atoms with Gasteiger partial charge in [0.15, 0.2) is 0 Å². The maximum absolute atomic E-state index is 12.4. The summed E-state index contributed by atoms with van der Waals surface area (Å²) in [7, 11) is 0. The molecule has 0 aliphatic rings. The number of H-pyrrole nitrogens is 1. The third kappa shape index (κ3) is 4.09. The van der Waals surface area contributed by atoms with Gasteiger partial charge in [-0.1, -0.05) is 19.9 Å². The standard InChI is InChI=1S/C18H21N7O/c1-11(2)9-15(19)18(26)21-16-4-3-13(12-5-7-20-8-6-12)10-14(16)17-22-24-25-23-17/h3-8,10-11,15H,9,19H2,1-2H3,(H,21,26)(H,22,23,24,25)/t15-/m1/s1. The van der Waals surface area contributed by atoms with Crippen molar-refractivity contribution >= 4 is 11.6 Å². The first kappa shape index (κ1) is 17.7. The lowest BCUT2D eigenvalue weighted by Gasteiger charge is -2.16. The van der Waals surface area contributed by atoms with E-state index in [-0.39, 0.29) is 5.91 Å². The molecule has 3 aromatic rings. The summed E-state index contributed by atoms with van der Waals surface area (Å²) in [5.74, 6) is 0.496. The van der Waals surface area contributed by atoms with Gasteiger partial charge in [0, 0.05) is 18.0 Å². The largest absolute Gasteiger partial charge is 0.324 e. The topological polar surface area (TPSA) is 122 Å². The van der Waals surface area contributed by atoms with Crippen LogP contribution in [0.25, 0.3) is 22.5 Å². The lowest BCUT2D eigenvalue weighted by Crippen LogP contribution is -2.36. The molecule has 0 bridgehead atoms. The Morgan fingerprint density at radius 1 is 1.19 bits per heavy atom. The zero-order chi connectivity index (χ0) is 18.5. The molecule has 0 spiro atoms. The Kier molecular flexibility index (Phi) is 5.33. The number of pyridine rings is 1. The number of anilines is 1. The zero-order valence-corrected chi connectivity index (χ0v) is 14.7. The summed E-state index contributed by atoms with van der Waals surface area (Å²) < 4.78 is 0. The second kappa shape index (κ2) is 7.83. The molecule has 2 aromatic heterocycles. The van der Waals surface area contributed by atoms with Gasteiger partial charge in [0.25, 0.3) is 0 Å². The summed E-state index contributed by atoms with van der Waals surface area (Å²) in [6.07, 6.45) is 4.06. The molecular weight excluding hydrogens is 330 g/mol. The van der Waals surface area contributed by atoms with Crippen molar-refractivity contribution in [1.82, 2.24) is 25.6 Å². The molecule has 1 atom stereocenters. The normalized spacial score (nSPS) is 12.2. The monoisotopic (exact) mass is 351 g/mol. The molecule has 26 heavy (non-hydrogen) atoms. The first-order valence-electron chi connectivity index (χ1n) is 8.39. The fraction of sp³-hybridized carbons (Fsp3) is 0.278. The van der Waals surface area contributed by atoms with E-state index in [1.165, 1.54) is 0 Å². The van der Waals surface area contributed by atoms with Crippen LogP contribution in [0.5, 0.6) is 0 Å². The molecule has 0 saturated heterocycles. The summed E-state index contributed by atoms with van der Waals surface area (Å²) in [5, 5.41) is 17.0. The highest BCUT2D eigenvalue weighted by Gasteiger charge is 2.18. The maximum Gasteiger partial charge on any atom is 0.241 e. The van der Waals surface area contributed by atoms with Crippen LogP contribution >= 0.6 is 0 Å². The Morgan fingerprint density at radius 2 is 1.96 bits per heavy atom. The Balaban J connectivity index is 1.94. The molecule has 0 radical (unpaired) electrons. The quantitative estimate of drug-likeness (QED) is 0.626. The Morgan fingerprint density at radius 3 is 2.62 bits per heavy atom. The number of hydrogen-bond acceptors (Lipinski definition) is 6. The number of carbonyl (C=O) groups is 1. The van der Waals surface area contributed by atoms with E-state index in [2.05, 4.69) is 30.9 Å². The van der Waals surface area contributed by atoms with Crippen LogP contribution in [0.2, 0.25) is 0 Å². The molecule has 0 saturated carbocycles. The lowest BCUT2D eigenvalue weighted by atomic mass is 10.0. The maximum atomic E-state index is 12.4. The van der Waals surface area contributed by atoms with Gasteiger partial charge < -0.3 is 11.1 Å². The van der Waals surface area contributed by atoms with Crippen LogP contribution in [0.4, 0.5) is 5.69 Å². The van der Waals surface area contributed by atoms with Crippen molar-refractivity contribution in [2.45, 2.75) is 26.3 Å². The van der Waals surface area contributed by atoms with E-state index in [1.807, 2.05) is 44.2 Å². The van der Waals surface area contributed by atoms with Crippen molar-refractivity contribution in [3.05, 3.63) is 42.7 Å². The summed E-state index contributed by atoms with van der Waals surface area (Å²) in [6, 6.07) is 8.89. The predicted octanol–water partition coefficient (Wildman–Crippen LogP) is 2.24. The molecule has 2 heterocycles. The Bertz CT molecular complexity index is 863. The third-order valence-electron chi connectivity index (χ3n) is 3.94. The zero-order valence-electron chi connectivity index (χ0n) is 14.7. The molecule has 0 fully saturated rings. The van der Waals surface area contributed by atoms with E-state index in [4.69, 9.17) is 5.73 Å².